The summed E-state index contributed by atoms with van der Waals surface area (Å²) in [6.45, 7) is 5.06. The van der Waals surface area contributed by atoms with E-state index < -0.39 is 5.54 Å². The summed E-state index contributed by atoms with van der Waals surface area (Å²) in [5.74, 6) is 1.03. The molecule has 1 fully saturated rings. The van der Waals surface area contributed by atoms with Gasteiger partial charge in [0.25, 0.3) is 0 Å². The van der Waals surface area contributed by atoms with Crippen LogP contribution in [0.25, 0.3) is 0 Å². The Labute approximate surface area is 131 Å². The Morgan fingerprint density at radius 2 is 2.24 bits per heavy atom. The van der Waals surface area contributed by atoms with E-state index in [1.807, 2.05) is 0 Å². The van der Waals surface area contributed by atoms with Gasteiger partial charge in [0.05, 0.1) is 7.11 Å². The number of carbonyl (C=O) groups is 1. The molecular formula is C17H25NO2S. The van der Waals surface area contributed by atoms with Gasteiger partial charge in [-0.15, -0.1) is 11.8 Å². The molecule has 0 bridgehead atoms. The highest BCUT2D eigenvalue weighted by Crippen LogP contribution is 2.43. The number of nitrogens with one attached hydrogen (secondary N) is 1. The Hall–Kier alpha value is -1.00. The average molecular weight is 307 g/mol. The minimum absolute atomic E-state index is 0.112. The molecule has 0 saturated heterocycles. The van der Waals surface area contributed by atoms with Gasteiger partial charge in [-0.05, 0) is 50.8 Å². The standard InChI is InChI=1S/C17H25NO2S/c1-4-10-18-17(14-8-9-14,16(19)20-3)12-21-15-7-5-6-13(2)11-15/h5-7,11,14,18H,4,8-10,12H2,1-3H3. The predicted octanol–water partition coefficient (Wildman–Crippen LogP) is 3.41. The smallest absolute Gasteiger partial charge is 0.327 e. The summed E-state index contributed by atoms with van der Waals surface area (Å²) in [6, 6.07) is 8.42. The molecule has 0 spiro atoms. The summed E-state index contributed by atoms with van der Waals surface area (Å²) in [4.78, 5) is 13.6. The molecule has 0 amide bonds. The maximum Gasteiger partial charge on any atom is 0.327 e. The molecule has 2 rings (SSSR count). The van der Waals surface area contributed by atoms with Gasteiger partial charge in [0.1, 0.15) is 5.54 Å². The highest BCUT2D eigenvalue weighted by atomic mass is 32.2. The lowest BCUT2D eigenvalue weighted by Gasteiger charge is -2.32. The summed E-state index contributed by atoms with van der Waals surface area (Å²) < 4.78 is 5.11. The zero-order chi connectivity index (χ0) is 15.3. The van der Waals surface area contributed by atoms with Gasteiger partial charge >= 0.3 is 5.97 Å². The second kappa shape index (κ2) is 7.32. The first-order valence-corrected chi connectivity index (χ1v) is 8.64. The minimum atomic E-state index is -0.529. The molecule has 116 valence electrons. The van der Waals surface area contributed by atoms with Crippen molar-refractivity contribution >= 4 is 17.7 Å². The van der Waals surface area contributed by atoms with E-state index in [0.717, 1.165) is 31.6 Å². The Balaban J connectivity index is 2.12. The number of hydrogen-bond donors (Lipinski definition) is 1. The van der Waals surface area contributed by atoms with Gasteiger partial charge in [0, 0.05) is 10.6 Å². The van der Waals surface area contributed by atoms with Crippen LogP contribution in [-0.4, -0.2) is 30.9 Å². The van der Waals surface area contributed by atoms with Gasteiger partial charge in [-0.25, -0.2) is 0 Å². The van der Waals surface area contributed by atoms with E-state index >= 15 is 0 Å². The first-order valence-electron chi connectivity index (χ1n) is 7.65. The molecule has 1 unspecified atom stereocenters. The van der Waals surface area contributed by atoms with Gasteiger partial charge in [-0.3, -0.25) is 4.79 Å². The van der Waals surface area contributed by atoms with Crippen LogP contribution in [0.1, 0.15) is 31.7 Å². The molecule has 1 saturated carbocycles. The normalized spacial score (nSPS) is 17.3. The lowest BCUT2D eigenvalue weighted by Crippen LogP contribution is -2.57. The fourth-order valence-corrected chi connectivity index (χ4v) is 3.91. The van der Waals surface area contributed by atoms with Crippen LogP contribution >= 0.6 is 11.8 Å². The van der Waals surface area contributed by atoms with Crippen LogP contribution in [0.15, 0.2) is 29.2 Å². The van der Waals surface area contributed by atoms with Crippen molar-refractivity contribution in [2.75, 3.05) is 19.4 Å². The van der Waals surface area contributed by atoms with Crippen molar-refractivity contribution in [3.05, 3.63) is 29.8 Å². The van der Waals surface area contributed by atoms with Crippen molar-refractivity contribution in [3.8, 4) is 0 Å². The van der Waals surface area contributed by atoms with E-state index in [0.29, 0.717) is 5.92 Å². The number of rotatable bonds is 8. The van der Waals surface area contributed by atoms with Crippen molar-refractivity contribution in [2.45, 2.75) is 43.5 Å². The maximum absolute atomic E-state index is 12.4. The zero-order valence-corrected chi connectivity index (χ0v) is 14.0. The fraction of sp³-hybridized carbons (Fsp3) is 0.588. The second-order valence-corrected chi connectivity index (χ2v) is 6.82. The first-order chi connectivity index (χ1) is 10.1. The molecule has 0 aromatic heterocycles. The van der Waals surface area contributed by atoms with Crippen LogP contribution < -0.4 is 5.32 Å². The van der Waals surface area contributed by atoms with Gasteiger partial charge < -0.3 is 10.1 Å². The number of hydrogen-bond acceptors (Lipinski definition) is 4. The molecule has 1 aliphatic rings. The molecule has 1 aromatic rings. The van der Waals surface area contributed by atoms with Gasteiger partial charge in [0.2, 0.25) is 0 Å². The quantitative estimate of drug-likeness (QED) is 0.590. The largest absolute Gasteiger partial charge is 0.468 e. The van der Waals surface area contributed by atoms with Crippen LogP contribution in [0, 0.1) is 12.8 Å². The van der Waals surface area contributed by atoms with Gasteiger partial charge in [-0.1, -0.05) is 24.6 Å². The van der Waals surface area contributed by atoms with Crippen molar-refractivity contribution < 1.29 is 9.53 Å². The summed E-state index contributed by atoms with van der Waals surface area (Å²) in [7, 11) is 1.49. The second-order valence-electron chi connectivity index (χ2n) is 5.77. The SMILES string of the molecule is CCCNC(CSc1cccc(C)c1)(C(=O)OC)C1CC1. The highest BCUT2D eigenvalue weighted by molar-refractivity contribution is 7.99. The number of ether oxygens (including phenoxy) is 1. The average Bonchev–Trinajstić information content (AvgIpc) is 3.32. The van der Waals surface area contributed by atoms with Gasteiger partial charge in [-0.2, -0.15) is 0 Å². The fourth-order valence-electron chi connectivity index (χ4n) is 2.62. The van der Waals surface area contributed by atoms with Crippen LogP contribution in [0.2, 0.25) is 0 Å². The summed E-state index contributed by atoms with van der Waals surface area (Å²) in [5, 5.41) is 3.49. The van der Waals surface area contributed by atoms with E-state index in [1.54, 1.807) is 11.8 Å². The molecule has 1 aromatic carbocycles. The topological polar surface area (TPSA) is 38.3 Å². The minimum Gasteiger partial charge on any atom is -0.468 e. The summed E-state index contributed by atoms with van der Waals surface area (Å²) in [5.41, 5.74) is 0.718. The number of thioether (sulfide) groups is 1. The number of carbonyl (C=O) groups excluding carboxylic acids is 1. The lowest BCUT2D eigenvalue weighted by molar-refractivity contribution is -0.148. The lowest BCUT2D eigenvalue weighted by atomic mass is 9.95. The molecular weight excluding hydrogens is 282 g/mol. The number of esters is 1. The van der Waals surface area contributed by atoms with Crippen LogP contribution in [-0.2, 0) is 9.53 Å². The van der Waals surface area contributed by atoms with E-state index in [9.17, 15) is 4.79 Å². The monoisotopic (exact) mass is 307 g/mol. The molecule has 21 heavy (non-hydrogen) atoms. The van der Waals surface area contributed by atoms with E-state index in [1.165, 1.54) is 17.6 Å². The molecule has 1 atom stereocenters. The summed E-state index contributed by atoms with van der Waals surface area (Å²) in [6.07, 6.45) is 3.24. The van der Waals surface area contributed by atoms with Crippen LogP contribution in [0.4, 0.5) is 0 Å². The Morgan fingerprint density at radius 3 is 2.81 bits per heavy atom. The van der Waals surface area contributed by atoms with E-state index in [4.69, 9.17) is 4.74 Å². The Bertz CT molecular complexity index is 487. The molecule has 0 aliphatic heterocycles. The van der Waals surface area contributed by atoms with E-state index in [2.05, 4.69) is 43.4 Å². The number of benzene rings is 1. The van der Waals surface area contributed by atoms with Crippen molar-refractivity contribution in [1.29, 1.82) is 0 Å². The Kier molecular flexibility index (Phi) is 5.71. The van der Waals surface area contributed by atoms with Crippen molar-refractivity contribution in [2.24, 2.45) is 5.92 Å². The van der Waals surface area contributed by atoms with Crippen LogP contribution in [0.3, 0.4) is 0 Å². The predicted molar refractivity (Wildman–Crippen MR) is 87.7 cm³/mol. The molecule has 3 nitrogen and oxygen atoms in total. The number of aryl methyl sites for hydroxylation is 1. The highest BCUT2D eigenvalue weighted by Gasteiger charge is 2.51. The third-order valence-corrected chi connectivity index (χ3v) is 5.16. The third-order valence-electron chi connectivity index (χ3n) is 3.97. The molecule has 0 radical (unpaired) electrons. The molecule has 0 heterocycles. The maximum atomic E-state index is 12.4. The van der Waals surface area contributed by atoms with Gasteiger partial charge in [0.15, 0.2) is 0 Å². The third kappa shape index (κ3) is 4.01. The molecule has 4 heteroatoms. The molecule has 1 aliphatic carbocycles. The van der Waals surface area contributed by atoms with Crippen molar-refractivity contribution in [1.82, 2.24) is 5.32 Å². The summed E-state index contributed by atoms with van der Waals surface area (Å²) >= 11 is 1.74. The zero-order valence-electron chi connectivity index (χ0n) is 13.1. The van der Waals surface area contributed by atoms with Crippen molar-refractivity contribution in [3.63, 3.8) is 0 Å². The molecule has 1 N–H and O–H groups in total. The van der Waals surface area contributed by atoms with E-state index in [-0.39, 0.29) is 5.97 Å². The van der Waals surface area contributed by atoms with Crippen LogP contribution in [0.5, 0.6) is 0 Å². The number of methoxy groups -OCH3 is 1. The first kappa shape index (κ1) is 16.4. The Morgan fingerprint density at radius 1 is 1.48 bits per heavy atom.